The van der Waals surface area contributed by atoms with Crippen LogP contribution in [0.2, 0.25) is 0 Å². The topological polar surface area (TPSA) is 12.0 Å². The Morgan fingerprint density at radius 2 is 1.94 bits per heavy atom. The van der Waals surface area contributed by atoms with Crippen LogP contribution in [0.15, 0.2) is 24.3 Å². The van der Waals surface area contributed by atoms with Crippen molar-refractivity contribution >= 4 is 0 Å². The molecule has 16 heavy (non-hydrogen) atoms. The summed E-state index contributed by atoms with van der Waals surface area (Å²) in [6, 6.07) is 8.28. The number of aryl methyl sites for hydroxylation is 1. The Bertz CT molecular complexity index is 344. The number of alkyl halides is 1. The molecule has 0 heterocycles. The number of hydrogen-bond donors (Lipinski definition) is 1. The van der Waals surface area contributed by atoms with Gasteiger partial charge in [-0.05, 0) is 50.4 Å². The van der Waals surface area contributed by atoms with Crippen molar-refractivity contribution in [3.63, 3.8) is 0 Å². The Labute approximate surface area is 97.1 Å². The zero-order valence-corrected chi connectivity index (χ0v) is 9.93. The average Bonchev–Trinajstić information content (AvgIpc) is 2.99. The van der Waals surface area contributed by atoms with E-state index in [9.17, 15) is 4.39 Å². The molecule has 0 bridgehead atoms. The van der Waals surface area contributed by atoms with Crippen LogP contribution >= 0.6 is 0 Å². The summed E-state index contributed by atoms with van der Waals surface area (Å²) in [6.07, 6.45) is 4.28. The summed E-state index contributed by atoms with van der Waals surface area (Å²) in [5.41, 5.74) is 1.65. The second-order valence-electron chi connectivity index (χ2n) is 4.80. The van der Waals surface area contributed by atoms with E-state index in [0.717, 1.165) is 32.2 Å². The second kappa shape index (κ2) is 4.96. The quantitative estimate of drug-likeness (QED) is 0.728. The van der Waals surface area contributed by atoms with E-state index in [1.807, 2.05) is 13.1 Å². The molecule has 0 amide bonds. The molecule has 2 heteroatoms. The number of nitrogens with one attached hydrogen (secondary N) is 1. The van der Waals surface area contributed by atoms with E-state index in [-0.39, 0.29) is 0 Å². The van der Waals surface area contributed by atoms with Gasteiger partial charge in [-0.25, -0.2) is 4.39 Å². The fourth-order valence-corrected chi connectivity index (χ4v) is 2.08. The fourth-order valence-electron chi connectivity index (χ4n) is 2.08. The lowest BCUT2D eigenvalue weighted by Crippen LogP contribution is -2.10. The zero-order chi connectivity index (χ0) is 11.4. The lowest BCUT2D eigenvalue weighted by molar-refractivity contribution is 0.307. The molecule has 0 aromatic heterocycles. The summed E-state index contributed by atoms with van der Waals surface area (Å²) in [6.45, 7) is 1.02. The molecule has 0 unspecified atom stereocenters. The molecular formula is C14H20FN. The molecule has 0 aliphatic heterocycles. The first-order valence-corrected chi connectivity index (χ1v) is 6.14. The predicted molar refractivity (Wildman–Crippen MR) is 65.5 cm³/mol. The third kappa shape index (κ3) is 3.05. The molecule has 1 aliphatic carbocycles. The molecule has 0 saturated heterocycles. The van der Waals surface area contributed by atoms with Gasteiger partial charge in [0.1, 0.15) is 5.67 Å². The Kier molecular flexibility index (Phi) is 3.59. The minimum absolute atomic E-state index is 0.614. The highest BCUT2D eigenvalue weighted by Gasteiger charge is 2.43. The molecule has 88 valence electrons. The molecular weight excluding hydrogens is 201 g/mol. The van der Waals surface area contributed by atoms with Crippen LogP contribution in [0.25, 0.3) is 0 Å². The van der Waals surface area contributed by atoms with Crippen LogP contribution in [0.1, 0.15) is 30.4 Å². The maximum atomic E-state index is 13.7. The van der Waals surface area contributed by atoms with Gasteiger partial charge in [-0.1, -0.05) is 24.3 Å². The molecule has 1 saturated carbocycles. The van der Waals surface area contributed by atoms with E-state index >= 15 is 0 Å². The first kappa shape index (κ1) is 11.6. The molecule has 1 aromatic carbocycles. The van der Waals surface area contributed by atoms with Gasteiger partial charge < -0.3 is 5.32 Å². The highest BCUT2D eigenvalue weighted by molar-refractivity contribution is 5.30. The van der Waals surface area contributed by atoms with Crippen LogP contribution in [-0.2, 0) is 12.8 Å². The van der Waals surface area contributed by atoms with Gasteiger partial charge in [-0.2, -0.15) is 0 Å². The Balaban J connectivity index is 1.99. The standard InChI is InChI=1S/C14H20FN/c1-16-10-4-7-12-5-2-3-6-13(12)11-14(15)8-9-14/h2-3,5-6,16H,4,7-11H2,1H3. The zero-order valence-electron chi connectivity index (χ0n) is 9.93. The van der Waals surface area contributed by atoms with Gasteiger partial charge in [0.2, 0.25) is 0 Å². The smallest absolute Gasteiger partial charge is 0.115 e. The fraction of sp³-hybridized carbons (Fsp3) is 0.571. The van der Waals surface area contributed by atoms with Crippen LogP contribution in [0.4, 0.5) is 4.39 Å². The Morgan fingerprint density at radius 1 is 1.25 bits per heavy atom. The Morgan fingerprint density at radius 3 is 2.56 bits per heavy atom. The summed E-state index contributed by atoms with van der Waals surface area (Å²) in [5.74, 6) is 0. The first-order valence-electron chi connectivity index (χ1n) is 6.14. The molecule has 2 rings (SSSR count). The molecule has 0 radical (unpaired) electrons. The van der Waals surface area contributed by atoms with E-state index in [0.29, 0.717) is 6.42 Å². The van der Waals surface area contributed by atoms with E-state index in [1.54, 1.807) is 0 Å². The Hall–Kier alpha value is -0.890. The highest BCUT2D eigenvalue weighted by Crippen LogP contribution is 2.43. The van der Waals surface area contributed by atoms with Crippen molar-refractivity contribution in [2.24, 2.45) is 0 Å². The lowest BCUT2D eigenvalue weighted by atomic mass is 9.98. The van der Waals surface area contributed by atoms with Gasteiger partial charge in [0.25, 0.3) is 0 Å². The molecule has 1 N–H and O–H groups in total. The number of rotatable bonds is 6. The molecule has 0 atom stereocenters. The van der Waals surface area contributed by atoms with Crippen LogP contribution in [0.5, 0.6) is 0 Å². The number of halogens is 1. The van der Waals surface area contributed by atoms with E-state index < -0.39 is 5.67 Å². The van der Waals surface area contributed by atoms with Crippen molar-refractivity contribution in [1.29, 1.82) is 0 Å². The molecule has 1 nitrogen and oxygen atoms in total. The lowest BCUT2D eigenvalue weighted by Gasteiger charge is -2.11. The first-order chi connectivity index (χ1) is 7.73. The van der Waals surface area contributed by atoms with Gasteiger partial charge in [0, 0.05) is 6.42 Å². The van der Waals surface area contributed by atoms with Crippen molar-refractivity contribution in [2.75, 3.05) is 13.6 Å². The summed E-state index contributed by atoms with van der Waals surface area (Å²) < 4.78 is 13.7. The minimum atomic E-state index is -0.876. The van der Waals surface area contributed by atoms with Gasteiger partial charge >= 0.3 is 0 Å². The summed E-state index contributed by atoms with van der Waals surface area (Å²) >= 11 is 0. The van der Waals surface area contributed by atoms with Crippen molar-refractivity contribution in [3.8, 4) is 0 Å². The van der Waals surface area contributed by atoms with Gasteiger partial charge in [0.15, 0.2) is 0 Å². The normalized spacial score (nSPS) is 17.4. The van der Waals surface area contributed by atoms with Crippen LogP contribution < -0.4 is 5.32 Å². The minimum Gasteiger partial charge on any atom is -0.320 e. The van der Waals surface area contributed by atoms with Crippen LogP contribution in [0.3, 0.4) is 0 Å². The summed E-state index contributed by atoms with van der Waals surface area (Å²) in [5, 5.41) is 3.14. The predicted octanol–water partition coefficient (Wildman–Crippen LogP) is 2.88. The third-order valence-corrected chi connectivity index (χ3v) is 3.29. The van der Waals surface area contributed by atoms with Gasteiger partial charge in [-0.3, -0.25) is 0 Å². The van der Waals surface area contributed by atoms with Crippen molar-refractivity contribution in [1.82, 2.24) is 5.32 Å². The summed E-state index contributed by atoms with van der Waals surface area (Å²) in [4.78, 5) is 0. The van der Waals surface area contributed by atoms with Gasteiger partial charge in [0.05, 0.1) is 0 Å². The SMILES string of the molecule is CNCCCc1ccccc1CC1(F)CC1. The molecule has 1 aliphatic rings. The van der Waals surface area contributed by atoms with Crippen molar-refractivity contribution in [2.45, 2.75) is 37.8 Å². The summed E-state index contributed by atoms with van der Waals surface area (Å²) in [7, 11) is 1.96. The van der Waals surface area contributed by atoms with Crippen LogP contribution in [-0.4, -0.2) is 19.3 Å². The monoisotopic (exact) mass is 221 g/mol. The number of benzene rings is 1. The number of hydrogen-bond acceptors (Lipinski definition) is 1. The maximum Gasteiger partial charge on any atom is 0.115 e. The van der Waals surface area contributed by atoms with Crippen molar-refractivity contribution < 1.29 is 4.39 Å². The maximum absolute atomic E-state index is 13.7. The van der Waals surface area contributed by atoms with Crippen molar-refractivity contribution in [3.05, 3.63) is 35.4 Å². The van der Waals surface area contributed by atoms with E-state index in [4.69, 9.17) is 0 Å². The second-order valence-corrected chi connectivity index (χ2v) is 4.80. The van der Waals surface area contributed by atoms with Gasteiger partial charge in [-0.15, -0.1) is 0 Å². The third-order valence-electron chi connectivity index (χ3n) is 3.29. The van der Waals surface area contributed by atoms with E-state index in [1.165, 1.54) is 11.1 Å². The molecule has 1 fully saturated rings. The van der Waals surface area contributed by atoms with E-state index in [2.05, 4.69) is 23.5 Å². The average molecular weight is 221 g/mol. The molecule has 0 spiro atoms. The highest BCUT2D eigenvalue weighted by atomic mass is 19.1. The van der Waals surface area contributed by atoms with Crippen LogP contribution in [0, 0.1) is 0 Å². The largest absolute Gasteiger partial charge is 0.320 e. The molecule has 1 aromatic rings.